The Morgan fingerprint density at radius 1 is 0.895 bits per heavy atom. The van der Waals surface area contributed by atoms with Gasteiger partial charge in [0.15, 0.2) is 0 Å². The van der Waals surface area contributed by atoms with E-state index in [0.29, 0.717) is 6.07 Å². The average Bonchev–Trinajstić information content (AvgIpc) is 2.25. The molecule has 0 bridgehead atoms. The second kappa shape index (κ2) is 4.17. The zero-order chi connectivity index (χ0) is 14.4. The van der Waals surface area contributed by atoms with Crippen LogP contribution in [0.1, 0.15) is 0 Å². The highest BCUT2D eigenvalue weighted by Gasteiger charge is 2.19. The summed E-state index contributed by atoms with van der Waals surface area (Å²) in [5.41, 5.74) is 0. The Morgan fingerprint density at radius 2 is 1.53 bits per heavy atom. The number of rotatable bonds is 2. The summed E-state index contributed by atoms with van der Waals surface area (Å²) in [5.74, 6) is -0.682. The van der Waals surface area contributed by atoms with Crippen LogP contribution in [0.5, 0.6) is 5.75 Å². The molecule has 0 saturated heterocycles. The Bertz CT molecular complexity index is 866. The van der Waals surface area contributed by atoms with Crippen molar-refractivity contribution in [1.29, 1.82) is 0 Å². The van der Waals surface area contributed by atoms with Crippen molar-refractivity contribution in [2.24, 2.45) is 0 Å². The van der Waals surface area contributed by atoms with Crippen LogP contribution >= 0.6 is 0 Å². The van der Waals surface area contributed by atoms with Crippen LogP contribution in [-0.2, 0) is 20.2 Å². The predicted molar refractivity (Wildman–Crippen MR) is 65.2 cm³/mol. The van der Waals surface area contributed by atoms with Crippen molar-refractivity contribution in [2.75, 3.05) is 0 Å². The van der Waals surface area contributed by atoms with Crippen molar-refractivity contribution in [3.05, 3.63) is 30.3 Å². The number of hydrogen-bond acceptors (Lipinski definition) is 5. The number of fused-ring (bicyclic) bond motifs is 1. The normalized spacial score (nSPS) is 12.7. The van der Waals surface area contributed by atoms with E-state index in [0.717, 1.165) is 12.1 Å². The molecule has 9 heteroatoms. The van der Waals surface area contributed by atoms with Gasteiger partial charge in [-0.15, -0.1) is 0 Å². The van der Waals surface area contributed by atoms with Crippen LogP contribution in [0.4, 0.5) is 0 Å². The fourth-order valence-corrected chi connectivity index (χ4v) is 2.98. The fourth-order valence-electron chi connectivity index (χ4n) is 1.71. The highest BCUT2D eigenvalue weighted by Crippen LogP contribution is 2.33. The Morgan fingerprint density at radius 3 is 2.05 bits per heavy atom. The fraction of sp³-hybridized carbons (Fsp3) is 0. The molecule has 0 radical (unpaired) electrons. The molecule has 2 aromatic rings. The monoisotopic (exact) mass is 304 g/mol. The first kappa shape index (κ1) is 13.7. The van der Waals surface area contributed by atoms with Gasteiger partial charge < -0.3 is 5.11 Å². The molecule has 0 atom stereocenters. The molecule has 0 aliphatic carbocycles. The summed E-state index contributed by atoms with van der Waals surface area (Å²) in [6.45, 7) is 0. The molecule has 0 heterocycles. The van der Waals surface area contributed by atoms with Crippen LogP contribution in [0.2, 0.25) is 0 Å². The largest absolute Gasteiger partial charge is 0.507 e. The molecule has 0 aliphatic rings. The quantitative estimate of drug-likeness (QED) is 0.707. The summed E-state index contributed by atoms with van der Waals surface area (Å²) >= 11 is 0. The van der Waals surface area contributed by atoms with E-state index in [-0.39, 0.29) is 10.8 Å². The van der Waals surface area contributed by atoms with Crippen molar-refractivity contribution in [2.45, 2.75) is 9.79 Å². The van der Waals surface area contributed by atoms with Gasteiger partial charge in [0.05, 0.1) is 4.90 Å². The van der Waals surface area contributed by atoms with Crippen molar-refractivity contribution in [3.63, 3.8) is 0 Å². The van der Waals surface area contributed by atoms with E-state index in [2.05, 4.69) is 0 Å². The molecule has 0 unspecified atom stereocenters. The van der Waals surface area contributed by atoms with E-state index < -0.39 is 35.8 Å². The van der Waals surface area contributed by atoms with Gasteiger partial charge in [-0.25, -0.2) is 0 Å². The summed E-state index contributed by atoms with van der Waals surface area (Å²) < 4.78 is 62.2. The predicted octanol–water partition coefficient (Wildman–Crippen LogP) is 1.04. The molecule has 102 valence electrons. The third kappa shape index (κ3) is 2.54. The van der Waals surface area contributed by atoms with E-state index in [1.807, 2.05) is 0 Å². The highest BCUT2D eigenvalue weighted by atomic mass is 32.2. The van der Waals surface area contributed by atoms with Gasteiger partial charge in [-0.3, -0.25) is 9.11 Å². The first-order valence-electron chi connectivity index (χ1n) is 4.81. The summed E-state index contributed by atoms with van der Waals surface area (Å²) in [7, 11) is -9.11. The minimum atomic E-state index is -4.57. The third-order valence-electron chi connectivity index (χ3n) is 2.47. The van der Waals surface area contributed by atoms with Gasteiger partial charge >= 0.3 is 0 Å². The molecule has 19 heavy (non-hydrogen) atoms. The summed E-state index contributed by atoms with van der Waals surface area (Å²) in [5, 5.41) is 9.53. The molecule has 0 aromatic heterocycles. The lowest BCUT2D eigenvalue weighted by Crippen LogP contribution is -2.01. The van der Waals surface area contributed by atoms with Gasteiger partial charge in [-0.05, 0) is 17.5 Å². The third-order valence-corrected chi connectivity index (χ3v) is 4.19. The average molecular weight is 304 g/mol. The van der Waals surface area contributed by atoms with Crippen molar-refractivity contribution >= 4 is 31.0 Å². The molecule has 0 spiro atoms. The van der Waals surface area contributed by atoms with Crippen LogP contribution in [0, 0.1) is 0 Å². The Labute approximate surface area is 108 Å². The lowest BCUT2D eigenvalue weighted by molar-refractivity contribution is 0.468. The van der Waals surface area contributed by atoms with Crippen LogP contribution in [0.15, 0.2) is 40.1 Å². The second-order valence-electron chi connectivity index (χ2n) is 3.75. The van der Waals surface area contributed by atoms with E-state index in [1.165, 1.54) is 12.1 Å². The number of phenols is 1. The zero-order valence-corrected chi connectivity index (χ0v) is 10.8. The summed E-state index contributed by atoms with van der Waals surface area (Å²) in [4.78, 5) is -1.13. The molecule has 0 amide bonds. The summed E-state index contributed by atoms with van der Waals surface area (Å²) in [6, 6.07) is 5.34. The number of hydrogen-bond donors (Lipinski definition) is 3. The molecule has 0 saturated carbocycles. The maximum absolute atomic E-state index is 11.2. The number of phenolic OH excluding ortho intramolecular Hbond substituents is 1. The lowest BCUT2D eigenvalue weighted by atomic mass is 10.1. The van der Waals surface area contributed by atoms with Gasteiger partial charge in [0.25, 0.3) is 20.2 Å². The molecule has 7 nitrogen and oxygen atoms in total. The van der Waals surface area contributed by atoms with Crippen molar-refractivity contribution < 1.29 is 31.0 Å². The van der Waals surface area contributed by atoms with E-state index in [4.69, 9.17) is 9.11 Å². The molecule has 3 N–H and O–H groups in total. The maximum Gasteiger partial charge on any atom is 0.295 e. The highest BCUT2D eigenvalue weighted by molar-refractivity contribution is 7.86. The van der Waals surface area contributed by atoms with E-state index in [1.54, 1.807) is 0 Å². The van der Waals surface area contributed by atoms with Gasteiger partial charge in [0, 0.05) is 11.5 Å². The first-order chi connectivity index (χ1) is 8.60. The molecular weight excluding hydrogens is 296 g/mol. The van der Waals surface area contributed by atoms with Crippen LogP contribution in [0.3, 0.4) is 0 Å². The second-order valence-corrected chi connectivity index (χ2v) is 6.56. The van der Waals surface area contributed by atoms with Gasteiger partial charge in [-0.1, -0.05) is 12.1 Å². The summed E-state index contributed by atoms with van der Waals surface area (Å²) in [6.07, 6.45) is 0. The van der Waals surface area contributed by atoms with Crippen LogP contribution < -0.4 is 0 Å². The van der Waals surface area contributed by atoms with Crippen LogP contribution in [0.25, 0.3) is 10.8 Å². The molecular formula is C10H8O7S2. The standard InChI is InChI=1S/C10H8O7S2/c11-8-5-7(18(12,13)14)4-6-2-1-3-9(10(6)8)19(15,16)17/h1-5,11H,(H,12,13,14)(H,15,16,17). The molecule has 2 aromatic carbocycles. The minimum absolute atomic E-state index is 0.0442. The zero-order valence-electron chi connectivity index (χ0n) is 9.18. The maximum atomic E-state index is 11.2. The minimum Gasteiger partial charge on any atom is -0.507 e. The first-order valence-corrected chi connectivity index (χ1v) is 7.69. The van der Waals surface area contributed by atoms with Crippen molar-refractivity contribution in [3.8, 4) is 5.75 Å². The lowest BCUT2D eigenvalue weighted by Gasteiger charge is -2.07. The Kier molecular flexibility index (Phi) is 3.01. The molecule has 0 fully saturated rings. The van der Waals surface area contributed by atoms with Gasteiger partial charge in [0.2, 0.25) is 0 Å². The van der Waals surface area contributed by atoms with E-state index in [9.17, 15) is 21.9 Å². The topological polar surface area (TPSA) is 129 Å². The Balaban J connectivity index is 2.96. The van der Waals surface area contributed by atoms with Gasteiger partial charge in [-0.2, -0.15) is 16.8 Å². The van der Waals surface area contributed by atoms with E-state index >= 15 is 0 Å². The Hall–Kier alpha value is -1.68. The smallest absolute Gasteiger partial charge is 0.295 e. The SMILES string of the molecule is O=S(=O)(O)c1cc(O)c2c(S(=O)(=O)O)cccc2c1. The molecule has 2 rings (SSSR count). The van der Waals surface area contributed by atoms with Gasteiger partial charge in [0.1, 0.15) is 10.6 Å². The number of benzene rings is 2. The number of aromatic hydroxyl groups is 1. The van der Waals surface area contributed by atoms with Crippen molar-refractivity contribution in [1.82, 2.24) is 0 Å². The molecule has 0 aliphatic heterocycles. The van der Waals surface area contributed by atoms with Crippen LogP contribution in [-0.4, -0.2) is 31.0 Å².